The second-order valence-corrected chi connectivity index (χ2v) is 6.65. The van der Waals surface area contributed by atoms with Gasteiger partial charge in [0.1, 0.15) is 5.82 Å². The zero-order valence-corrected chi connectivity index (χ0v) is 13.7. The number of likely N-dealkylation sites (tertiary alicyclic amines) is 1. The lowest BCUT2D eigenvalue weighted by Gasteiger charge is -2.33. The topological polar surface area (TPSA) is 33.1 Å². The lowest BCUT2D eigenvalue weighted by molar-refractivity contribution is 0.158. The highest BCUT2D eigenvalue weighted by Crippen LogP contribution is 2.20. The first kappa shape index (κ1) is 15.0. The van der Waals surface area contributed by atoms with Crippen molar-refractivity contribution < 1.29 is 0 Å². The molecule has 0 saturated carbocycles. The molecule has 2 aliphatic rings. The minimum Gasteiger partial charge on any atom is -0.330 e. The second kappa shape index (κ2) is 6.93. The van der Waals surface area contributed by atoms with E-state index in [2.05, 4.69) is 28.6 Å². The molecule has 0 aliphatic carbocycles. The van der Waals surface area contributed by atoms with E-state index in [1.807, 2.05) is 0 Å². The van der Waals surface area contributed by atoms with E-state index in [1.54, 1.807) is 0 Å². The number of rotatable bonds is 5. The highest BCUT2D eigenvalue weighted by molar-refractivity contribution is 5.20. The average Bonchev–Trinajstić information content (AvgIpc) is 2.86. The predicted octanol–water partition coefficient (Wildman–Crippen LogP) is 2.36. The Kier molecular flexibility index (Phi) is 4.96. The molecule has 1 atom stereocenters. The van der Waals surface area contributed by atoms with Gasteiger partial charge < -0.3 is 9.88 Å². The summed E-state index contributed by atoms with van der Waals surface area (Å²) in [6.07, 6.45) is 7.59. The van der Waals surface area contributed by atoms with Gasteiger partial charge in [0.25, 0.3) is 0 Å². The molecule has 0 bridgehead atoms. The summed E-state index contributed by atoms with van der Waals surface area (Å²) in [7, 11) is 0. The second-order valence-electron chi connectivity index (χ2n) is 6.65. The number of aromatic nitrogens is 2. The fourth-order valence-corrected chi connectivity index (χ4v) is 3.80. The van der Waals surface area contributed by atoms with Crippen LogP contribution in [0.2, 0.25) is 0 Å². The van der Waals surface area contributed by atoms with Crippen LogP contribution in [0.4, 0.5) is 0 Å². The van der Waals surface area contributed by atoms with Crippen LogP contribution >= 0.6 is 0 Å². The lowest BCUT2D eigenvalue weighted by atomic mass is 10.1. The highest BCUT2D eigenvalue weighted by atomic mass is 15.2. The van der Waals surface area contributed by atoms with Crippen molar-refractivity contribution in [3.63, 3.8) is 0 Å². The van der Waals surface area contributed by atoms with E-state index < -0.39 is 0 Å². The molecule has 1 N–H and O–H groups in total. The molecular formula is C17H30N4. The van der Waals surface area contributed by atoms with E-state index in [9.17, 15) is 0 Å². The summed E-state index contributed by atoms with van der Waals surface area (Å²) in [5.74, 6) is 1.31. The molecule has 1 saturated heterocycles. The van der Waals surface area contributed by atoms with Crippen LogP contribution in [0.25, 0.3) is 0 Å². The molecule has 1 aromatic rings. The maximum atomic E-state index is 4.92. The number of nitrogens with one attached hydrogen (secondary N) is 1. The summed E-state index contributed by atoms with van der Waals surface area (Å²) in [5, 5.41) is 3.45. The Bertz CT molecular complexity index is 460. The molecule has 1 unspecified atom stereocenters. The number of hydrogen-bond acceptors (Lipinski definition) is 3. The van der Waals surface area contributed by atoms with Crippen LogP contribution in [-0.2, 0) is 25.9 Å². The van der Waals surface area contributed by atoms with E-state index in [0.29, 0.717) is 6.04 Å². The van der Waals surface area contributed by atoms with Crippen LogP contribution in [0, 0.1) is 0 Å². The SMILES string of the molecule is CCCc1nc2c(n1CC(C)N1CCCCC1)CCNC2. The molecule has 3 rings (SSSR count). The molecule has 4 heteroatoms. The quantitative estimate of drug-likeness (QED) is 0.903. The zero-order chi connectivity index (χ0) is 14.7. The minimum absolute atomic E-state index is 0.633. The Morgan fingerprint density at radius 3 is 2.81 bits per heavy atom. The first-order valence-corrected chi connectivity index (χ1v) is 8.81. The third kappa shape index (κ3) is 3.32. The monoisotopic (exact) mass is 290 g/mol. The van der Waals surface area contributed by atoms with Gasteiger partial charge in [-0.25, -0.2) is 4.98 Å². The number of nitrogens with zero attached hydrogens (tertiary/aromatic N) is 3. The van der Waals surface area contributed by atoms with Crippen LogP contribution in [0.1, 0.15) is 56.7 Å². The summed E-state index contributed by atoms with van der Waals surface area (Å²) >= 11 is 0. The molecule has 0 amide bonds. The van der Waals surface area contributed by atoms with E-state index in [4.69, 9.17) is 4.98 Å². The van der Waals surface area contributed by atoms with Crippen LogP contribution < -0.4 is 5.32 Å². The first-order valence-electron chi connectivity index (χ1n) is 8.81. The lowest BCUT2D eigenvalue weighted by Crippen LogP contribution is -2.40. The van der Waals surface area contributed by atoms with Crippen LogP contribution in [0.5, 0.6) is 0 Å². The van der Waals surface area contributed by atoms with Gasteiger partial charge in [-0.3, -0.25) is 4.90 Å². The first-order chi connectivity index (χ1) is 10.3. The molecule has 0 radical (unpaired) electrons. The Labute approximate surface area is 128 Å². The molecule has 1 fully saturated rings. The maximum absolute atomic E-state index is 4.92. The fraction of sp³-hybridized carbons (Fsp3) is 0.824. The number of fused-ring (bicyclic) bond motifs is 1. The Morgan fingerprint density at radius 1 is 1.24 bits per heavy atom. The van der Waals surface area contributed by atoms with Crippen LogP contribution in [-0.4, -0.2) is 40.1 Å². The van der Waals surface area contributed by atoms with Crippen LogP contribution in [0.15, 0.2) is 0 Å². The van der Waals surface area contributed by atoms with Crippen molar-refractivity contribution in [3.05, 3.63) is 17.2 Å². The standard InChI is InChI=1S/C17H30N4/c1-3-7-17-19-15-12-18-9-8-16(15)21(17)13-14(2)20-10-5-4-6-11-20/h14,18H,3-13H2,1-2H3. The molecule has 118 valence electrons. The van der Waals surface area contributed by atoms with Crippen molar-refractivity contribution >= 4 is 0 Å². The molecular weight excluding hydrogens is 260 g/mol. The van der Waals surface area contributed by atoms with Gasteiger partial charge >= 0.3 is 0 Å². The molecule has 0 spiro atoms. The van der Waals surface area contributed by atoms with E-state index in [0.717, 1.165) is 32.5 Å². The summed E-state index contributed by atoms with van der Waals surface area (Å²) in [4.78, 5) is 7.59. The summed E-state index contributed by atoms with van der Waals surface area (Å²) < 4.78 is 2.55. The van der Waals surface area contributed by atoms with Crippen molar-refractivity contribution in [1.29, 1.82) is 0 Å². The summed E-state index contributed by atoms with van der Waals surface area (Å²) in [5.41, 5.74) is 2.80. The summed E-state index contributed by atoms with van der Waals surface area (Å²) in [6, 6.07) is 0.633. The van der Waals surface area contributed by atoms with Gasteiger partial charge in [0, 0.05) is 44.2 Å². The molecule has 4 nitrogen and oxygen atoms in total. The smallest absolute Gasteiger partial charge is 0.109 e. The molecule has 2 aliphatic heterocycles. The maximum Gasteiger partial charge on any atom is 0.109 e. The van der Waals surface area contributed by atoms with Gasteiger partial charge in [-0.1, -0.05) is 13.3 Å². The van der Waals surface area contributed by atoms with Crippen LogP contribution in [0.3, 0.4) is 0 Å². The largest absolute Gasteiger partial charge is 0.330 e. The van der Waals surface area contributed by atoms with E-state index in [-0.39, 0.29) is 0 Å². The van der Waals surface area contributed by atoms with Crippen molar-refractivity contribution in [3.8, 4) is 0 Å². The van der Waals surface area contributed by atoms with Gasteiger partial charge in [0.05, 0.1) is 5.69 Å². The van der Waals surface area contributed by atoms with Gasteiger partial charge in [-0.15, -0.1) is 0 Å². The molecule has 0 aromatic carbocycles. The third-order valence-electron chi connectivity index (χ3n) is 5.00. The Morgan fingerprint density at radius 2 is 2.05 bits per heavy atom. The third-order valence-corrected chi connectivity index (χ3v) is 5.00. The highest BCUT2D eigenvalue weighted by Gasteiger charge is 2.23. The van der Waals surface area contributed by atoms with Gasteiger partial charge in [0.15, 0.2) is 0 Å². The van der Waals surface area contributed by atoms with Gasteiger partial charge in [-0.2, -0.15) is 0 Å². The normalized spacial score (nSPS) is 21.2. The van der Waals surface area contributed by atoms with E-state index in [1.165, 1.54) is 56.0 Å². The fourth-order valence-electron chi connectivity index (χ4n) is 3.80. The predicted molar refractivity (Wildman–Crippen MR) is 86.5 cm³/mol. The number of hydrogen-bond donors (Lipinski definition) is 1. The molecule has 3 heterocycles. The minimum atomic E-state index is 0.633. The van der Waals surface area contributed by atoms with Gasteiger partial charge in [0.2, 0.25) is 0 Å². The van der Waals surface area contributed by atoms with Crippen molar-refractivity contribution in [2.24, 2.45) is 0 Å². The van der Waals surface area contributed by atoms with Gasteiger partial charge in [-0.05, 0) is 39.3 Å². The molecule has 21 heavy (non-hydrogen) atoms. The number of aryl methyl sites for hydroxylation is 1. The zero-order valence-electron chi connectivity index (χ0n) is 13.7. The number of imidazole rings is 1. The molecule has 1 aromatic heterocycles. The Balaban J connectivity index is 1.77. The Hall–Kier alpha value is -0.870. The van der Waals surface area contributed by atoms with Crippen molar-refractivity contribution in [1.82, 2.24) is 19.8 Å². The average molecular weight is 290 g/mol. The number of piperidine rings is 1. The van der Waals surface area contributed by atoms with Crippen molar-refractivity contribution in [2.45, 2.75) is 71.5 Å². The van der Waals surface area contributed by atoms with E-state index >= 15 is 0 Å². The van der Waals surface area contributed by atoms with Crippen molar-refractivity contribution in [2.75, 3.05) is 19.6 Å². The summed E-state index contributed by atoms with van der Waals surface area (Å²) in [6.45, 7) is 10.4.